The molecule has 0 fully saturated rings. The fraction of sp³-hybridized carbons (Fsp3) is 0.700. The fourth-order valence-corrected chi connectivity index (χ4v) is 1.17. The number of esters is 3. The Balaban J connectivity index is 4.60. The average Bonchev–Trinajstić information content (AvgIpc) is 2.23. The summed E-state index contributed by atoms with van der Waals surface area (Å²) in [6.45, 7) is 2.57. The Hall–Kier alpha value is -1.59. The van der Waals surface area contributed by atoms with Crippen molar-refractivity contribution >= 4 is 17.9 Å². The second-order valence-corrected chi connectivity index (χ2v) is 3.39. The molecule has 0 bridgehead atoms. The van der Waals surface area contributed by atoms with E-state index >= 15 is 0 Å². The minimum absolute atomic E-state index is 0.0198. The van der Waals surface area contributed by atoms with Gasteiger partial charge in [0, 0.05) is 19.8 Å². The minimum atomic E-state index is -1.45. The molecule has 0 N–H and O–H groups in total. The van der Waals surface area contributed by atoms with Crippen LogP contribution >= 0.6 is 0 Å². The molecule has 0 saturated carbocycles. The van der Waals surface area contributed by atoms with Crippen molar-refractivity contribution in [3.63, 3.8) is 0 Å². The highest BCUT2D eigenvalue weighted by Crippen LogP contribution is 2.20. The summed E-state index contributed by atoms with van der Waals surface area (Å²) in [7, 11) is 2.42. The summed E-state index contributed by atoms with van der Waals surface area (Å²) in [6.07, 6.45) is -0.0126. The van der Waals surface area contributed by atoms with Gasteiger partial charge in [-0.2, -0.15) is 0 Å². The van der Waals surface area contributed by atoms with Gasteiger partial charge in [-0.15, -0.1) is 0 Å². The van der Waals surface area contributed by atoms with Crippen LogP contribution < -0.4 is 0 Å². The SMILES string of the molecule is COC(=O)CCC(C)(OC(C)=O)C(=O)OC. The number of rotatable bonds is 5. The number of carbonyl (C=O) groups excluding carboxylic acids is 3. The maximum Gasteiger partial charge on any atom is 0.350 e. The Labute approximate surface area is 93.8 Å². The largest absolute Gasteiger partial charge is 0.469 e. The molecule has 0 aromatic carbocycles. The smallest absolute Gasteiger partial charge is 0.350 e. The maximum absolute atomic E-state index is 11.4. The Morgan fingerprint density at radius 2 is 1.69 bits per heavy atom. The first-order valence-electron chi connectivity index (χ1n) is 4.70. The molecule has 6 heteroatoms. The van der Waals surface area contributed by atoms with E-state index in [0.29, 0.717) is 0 Å². The summed E-state index contributed by atoms with van der Waals surface area (Å²) in [6, 6.07) is 0. The van der Waals surface area contributed by atoms with E-state index in [4.69, 9.17) is 4.74 Å². The minimum Gasteiger partial charge on any atom is -0.469 e. The van der Waals surface area contributed by atoms with Crippen LogP contribution in [-0.4, -0.2) is 37.7 Å². The van der Waals surface area contributed by atoms with Gasteiger partial charge in [-0.1, -0.05) is 0 Å². The van der Waals surface area contributed by atoms with E-state index in [0.717, 1.165) is 0 Å². The summed E-state index contributed by atoms with van der Waals surface area (Å²) in [5.74, 6) is -1.80. The van der Waals surface area contributed by atoms with Gasteiger partial charge in [0.05, 0.1) is 14.2 Å². The van der Waals surface area contributed by atoms with Gasteiger partial charge in [0.1, 0.15) is 0 Å². The second kappa shape index (κ2) is 6.09. The van der Waals surface area contributed by atoms with Crippen LogP contribution in [0.3, 0.4) is 0 Å². The molecule has 0 spiro atoms. The van der Waals surface area contributed by atoms with Crippen LogP contribution in [0.25, 0.3) is 0 Å². The monoisotopic (exact) mass is 232 g/mol. The predicted octanol–water partition coefficient (Wildman–Crippen LogP) is 0.434. The Bertz CT molecular complexity index is 285. The molecule has 1 atom stereocenters. The first-order valence-corrected chi connectivity index (χ1v) is 4.70. The topological polar surface area (TPSA) is 78.9 Å². The molecule has 0 saturated heterocycles. The zero-order chi connectivity index (χ0) is 12.8. The average molecular weight is 232 g/mol. The fourth-order valence-electron chi connectivity index (χ4n) is 1.17. The molecule has 0 aromatic rings. The van der Waals surface area contributed by atoms with Gasteiger partial charge in [0.25, 0.3) is 0 Å². The Morgan fingerprint density at radius 3 is 2.06 bits per heavy atom. The van der Waals surface area contributed by atoms with Gasteiger partial charge in [-0.3, -0.25) is 9.59 Å². The van der Waals surface area contributed by atoms with E-state index < -0.39 is 23.5 Å². The molecule has 0 aliphatic carbocycles. The molecule has 1 unspecified atom stereocenters. The molecule has 0 heterocycles. The summed E-state index contributed by atoms with van der Waals surface area (Å²) < 4.78 is 13.8. The van der Waals surface area contributed by atoms with E-state index in [1.807, 2.05) is 0 Å². The lowest BCUT2D eigenvalue weighted by atomic mass is 10.00. The molecule has 0 aliphatic heterocycles. The second-order valence-electron chi connectivity index (χ2n) is 3.39. The van der Waals surface area contributed by atoms with E-state index in [2.05, 4.69) is 9.47 Å². The van der Waals surface area contributed by atoms with Gasteiger partial charge in [-0.05, 0) is 6.92 Å². The molecule has 0 radical (unpaired) electrons. The number of ether oxygens (including phenoxy) is 3. The highest BCUT2D eigenvalue weighted by Gasteiger charge is 2.38. The Morgan fingerprint density at radius 1 is 1.12 bits per heavy atom. The third-order valence-electron chi connectivity index (χ3n) is 2.02. The lowest BCUT2D eigenvalue weighted by Gasteiger charge is -2.25. The van der Waals surface area contributed by atoms with Crippen LogP contribution in [0.1, 0.15) is 26.7 Å². The first-order chi connectivity index (χ1) is 7.35. The van der Waals surface area contributed by atoms with Crippen molar-refractivity contribution in [3.05, 3.63) is 0 Å². The van der Waals surface area contributed by atoms with Crippen molar-refractivity contribution in [1.29, 1.82) is 0 Å². The number of hydrogen-bond donors (Lipinski definition) is 0. The van der Waals surface area contributed by atoms with E-state index in [1.165, 1.54) is 28.1 Å². The molecule has 16 heavy (non-hydrogen) atoms. The van der Waals surface area contributed by atoms with Gasteiger partial charge in [0.2, 0.25) is 5.60 Å². The van der Waals surface area contributed by atoms with Gasteiger partial charge < -0.3 is 14.2 Å². The molecule has 0 aromatic heterocycles. The van der Waals surface area contributed by atoms with Crippen LogP contribution in [0.4, 0.5) is 0 Å². The third-order valence-corrected chi connectivity index (χ3v) is 2.02. The van der Waals surface area contributed by atoms with Crippen LogP contribution in [0, 0.1) is 0 Å². The summed E-state index contributed by atoms with van der Waals surface area (Å²) >= 11 is 0. The highest BCUT2D eigenvalue weighted by molar-refractivity contribution is 5.83. The van der Waals surface area contributed by atoms with E-state index in [1.54, 1.807) is 0 Å². The number of carbonyl (C=O) groups is 3. The van der Waals surface area contributed by atoms with Crippen molar-refractivity contribution in [3.8, 4) is 0 Å². The first kappa shape index (κ1) is 14.4. The van der Waals surface area contributed by atoms with Gasteiger partial charge in [-0.25, -0.2) is 4.79 Å². The van der Waals surface area contributed by atoms with E-state index in [-0.39, 0.29) is 12.8 Å². The Kier molecular flexibility index (Phi) is 5.49. The summed E-state index contributed by atoms with van der Waals surface area (Å²) in [5.41, 5.74) is -1.45. The molecule has 6 nitrogen and oxygen atoms in total. The molecular weight excluding hydrogens is 216 g/mol. The lowest BCUT2D eigenvalue weighted by molar-refractivity contribution is -0.179. The van der Waals surface area contributed by atoms with Gasteiger partial charge >= 0.3 is 17.9 Å². The van der Waals surface area contributed by atoms with E-state index in [9.17, 15) is 14.4 Å². The van der Waals surface area contributed by atoms with Crippen molar-refractivity contribution in [1.82, 2.24) is 0 Å². The quantitative estimate of drug-likeness (QED) is 0.505. The number of hydrogen-bond acceptors (Lipinski definition) is 6. The van der Waals surface area contributed by atoms with Crippen LogP contribution in [0.5, 0.6) is 0 Å². The van der Waals surface area contributed by atoms with Crippen molar-refractivity contribution < 1.29 is 28.6 Å². The summed E-state index contributed by atoms with van der Waals surface area (Å²) in [4.78, 5) is 33.2. The van der Waals surface area contributed by atoms with Crippen molar-refractivity contribution in [2.75, 3.05) is 14.2 Å². The molecule has 0 amide bonds. The standard InChI is InChI=1S/C10H16O6/c1-7(11)16-10(2,9(13)15-4)6-5-8(12)14-3/h5-6H2,1-4H3. The zero-order valence-corrected chi connectivity index (χ0v) is 9.86. The third kappa shape index (κ3) is 4.29. The summed E-state index contributed by atoms with van der Waals surface area (Å²) in [5, 5.41) is 0. The predicted molar refractivity (Wildman–Crippen MR) is 53.4 cm³/mol. The van der Waals surface area contributed by atoms with Crippen LogP contribution in [0.2, 0.25) is 0 Å². The zero-order valence-electron chi connectivity index (χ0n) is 9.86. The van der Waals surface area contributed by atoms with Gasteiger partial charge in [0.15, 0.2) is 0 Å². The highest BCUT2D eigenvalue weighted by atomic mass is 16.6. The maximum atomic E-state index is 11.4. The van der Waals surface area contributed by atoms with Crippen LogP contribution in [-0.2, 0) is 28.6 Å². The lowest BCUT2D eigenvalue weighted by Crippen LogP contribution is -2.41. The molecular formula is C10H16O6. The van der Waals surface area contributed by atoms with Crippen molar-refractivity contribution in [2.24, 2.45) is 0 Å². The normalized spacial score (nSPS) is 13.5. The van der Waals surface area contributed by atoms with Crippen LogP contribution in [0.15, 0.2) is 0 Å². The number of methoxy groups -OCH3 is 2. The van der Waals surface area contributed by atoms with Crippen molar-refractivity contribution in [2.45, 2.75) is 32.3 Å². The molecule has 0 aliphatic rings. The molecule has 0 rings (SSSR count). The molecule has 92 valence electrons.